The third-order valence-corrected chi connectivity index (χ3v) is 3.01. The van der Waals surface area contributed by atoms with E-state index >= 15 is 0 Å². The van der Waals surface area contributed by atoms with Crippen LogP contribution in [-0.2, 0) is 0 Å². The molecule has 0 saturated heterocycles. The number of halogens is 2. The number of nitrogens with zero attached hydrogens (tertiary/aromatic N) is 2. The predicted octanol–water partition coefficient (Wildman–Crippen LogP) is 3.80. The lowest BCUT2D eigenvalue weighted by molar-refractivity contribution is 0.102. The molecule has 3 rings (SSSR count). The number of para-hydroxylation sites is 1. The highest BCUT2D eigenvalue weighted by Crippen LogP contribution is 2.18. The molecular formula is C17H11F2N3O2. The highest BCUT2D eigenvalue weighted by atomic mass is 19.1. The standard InChI is InChI=1S/C17H11F2N3O2/c18-11-6-7-14(15(19)8-11)16(23)22-12-9-20-17(21-10-12)24-13-4-2-1-3-5-13/h1-10H,(H,22,23). The summed E-state index contributed by atoms with van der Waals surface area (Å²) in [4.78, 5) is 19.9. The Kier molecular flexibility index (Phi) is 4.42. The van der Waals surface area contributed by atoms with Crippen molar-refractivity contribution >= 4 is 11.6 Å². The van der Waals surface area contributed by atoms with Crippen LogP contribution >= 0.6 is 0 Å². The number of nitrogens with one attached hydrogen (secondary N) is 1. The van der Waals surface area contributed by atoms with Crippen molar-refractivity contribution < 1.29 is 18.3 Å². The zero-order chi connectivity index (χ0) is 16.9. The Morgan fingerprint density at radius 2 is 1.71 bits per heavy atom. The Labute approximate surface area is 136 Å². The molecule has 0 aliphatic carbocycles. The van der Waals surface area contributed by atoms with E-state index in [0.717, 1.165) is 12.1 Å². The average Bonchev–Trinajstić information content (AvgIpc) is 2.57. The number of ether oxygens (including phenoxy) is 1. The number of carbonyl (C=O) groups is 1. The maximum absolute atomic E-state index is 13.6. The smallest absolute Gasteiger partial charge is 0.322 e. The predicted molar refractivity (Wildman–Crippen MR) is 82.9 cm³/mol. The molecule has 120 valence electrons. The molecule has 0 saturated carbocycles. The van der Waals surface area contributed by atoms with Crippen LogP contribution in [0.1, 0.15) is 10.4 Å². The minimum atomic E-state index is -0.947. The number of amides is 1. The number of rotatable bonds is 4. The Bertz CT molecular complexity index is 855. The number of anilines is 1. The first-order valence-corrected chi connectivity index (χ1v) is 6.93. The topological polar surface area (TPSA) is 64.1 Å². The second kappa shape index (κ2) is 6.82. The normalized spacial score (nSPS) is 10.2. The van der Waals surface area contributed by atoms with E-state index in [-0.39, 0.29) is 17.3 Å². The summed E-state index contributed by atoms with van der Waals surface area (Å²) >= 11 is 0. The summed E-state index contributed by atoms with van der Waals surface area (Å²) in [7, 11) is 0. The third kappa shape index (κ3) is 3.70. The SMILES string of the molecule is O=C(Nc1cnc(Oc2ccccc2)nc1)c1ccc(F)cc1F. The average molecular weight is 327 g/mol. The zero-order valence-electron chi connectivity index (χ0n) is 12.2. The Hall–Kier alpha value is -3.35. The first kappa shape index (κ1) is 15.5. The van der Waals surface area contributed by atoms with E-state index < -0.39 is 17.5 Å². The molecule has 24 heavy (non-hydrogen) atoms. The van der Waals surface area contributed by atoms with Crippen LogP contribution in [0.3, 0.4) is 0 Å². The molecule has 5 nitrogen and oxygen atoms in total. The van der Waals surface area contributed by atoms with Gasteiger partial charge in [-0.2, -0.15) is 0 Å². The minimum absolute atomic E-state index is 0.104. The third-order valence-electron chi connectivity index (χ3n) is 3.01. The number of aromatic nitrogens is 2. The largest absolute Gasteiger partial charge is 0.424 e. The van der Waals surface area contributed by atoms with Crippen LogP contribution in [0.15, 0.2) is 60.9 Å². The lowest BCUT2D eigenvalue weighted by Gasteiger charge is -2.07. The number of benzene rings is 2. The van der Waals surface area contributed by atoms with Gasteiger partial charge in [-0.1, -0.05) is 18.2 Å². The number of carbonyl (C=O) groups excluding carboxylic acids is 1. The number of hydrogen-bond acceptors (Lipinski definition) is 4. The maximum Gasteiger partial charge on any atom is 0.322 e. The van der Waals surface area contributed by atoms with Gasteiger partial charge in [-0.05, 0) is 24.3 Å². The first-order valence-electron chi connectivity index (χ1n) is 6.93. The molecule has 1 heterocycles. The minimum Gasteiger partial charge on any atom is -0.424 e. The van der Waals surface area contributed by atoms with Gasteiger partial charge in [-0.25, -0.2) is 18.7 Å². The van der Waals surface area contributed by atoms with Gasteiger partial charge in [0.25, 0.3) is 5.91 Å². The highest BCUT2D eigenvalue weighted by molar-refractivity contribution is 6.04. The fraction of sp³-hybridized carbons (Fsp3) is 0. The summed E-state index contributed by atoms with van der Waals surface area (Å²) in [6.45, 7) is 0. The fourth-order valence-electron chi connectivity index (χ4n) is 1.90. The van der Waals surface area contributed by atoms with E-state index in [1.807, 2.05) is 6.07 Å². The van der Waals surface area contributed by atoms with E-state index in [4.69, 9.17) is 4.74 Å². The Balaban J connectivity index is 1.68. The van der Waals surface area contributed by atoms with E-state index in [9.17, 15) is 13.6 Å². The van der Waals surface area contributed by atoms with Crippen molar-refractivity contribution in [1.82, 2.24) is 9.97 Å². The van der Waals surface area contributed by atoms with E-state index in [1.54, 1.807) is 24.3 Å². The molecule has 1 N–H and O–H groups in total. The molecule has 0 spiro atoms. The van der Waals surface area contributed by atoms with Crippen LogP contribution < -0.4 is 10.1 Å². The van der Waals surface area contributed by atoms with Crippen LogP contribution in [0.2, 0.25) is 0 Å². The number of hydrogen-bond donors (Lipinski definition) is 1. The van der Waals surface area contributed by atoms with Gasteiger partial charge < -0.3 is 10.1 Å². The van der Waals surface area contributed by atoms with Crippen molar-refractivity contribution in [2.24, 2.45) is 0 Å². The van der Waals surface area contributed by atoms with Crippen LogP contribution in [0.25, 0.3) is 0 Å². The molecule has 0 fully saturated rings. The molecular weight excluding hydrogens is 316 g/mol. The van der Waals surface area contributed by atoms with Gasteiger partial charge in [0, 0.05) is 6.07 Å². The molecule has 1 amide bonds. The van der Waals surface area contributed by atoms with Crippen LogP contribution in [-0.4, -0.2) is 15.9 Å². The van der Waals surface area contributed by atoms with Gasteiger partial charge in [0.05, 0.1) is 23.6 Å². The van der Waals surface area contributed by atoms with Crippen molar-refractivity contribution in [3.05, 3.63) is 78.1 Å². The summed E-state index contributed by atoms with van der Waals surface area (Å²) in [5.74, 6) is -1.86. The van der Waals surface area contributed by atoms with E-state index in [2.05, 4.69) is 15.3 Å². The van der Waals surface area contributed by atoms with Crippen molar-refractivity contribution in [3.63, 3.8) is 0 Å². The molecule has 0 atom stereocenters. The van der Waals surface area contributed by atoms with E-state index in [0.29, 0.717) is 11.8 Å². The highest BCUT2D eigenvalue weighted by Gasteiger charge is 2.13. The summed E-state index contributed by atoms with van der Waals surface area (Å²) in [6, 6.07) is 11.8. The van der Waals surface area contributed by atoms with Crippen molar-refractivity contribution in [2.75, 3.05) is 5.32 Å². The lowest BCUT2D eigenvalue weighted by Crippen LogP contribution is -2.14. The van der Waals surface area contributed by atoms with Gasteiger partial charge in [0.15, 0.2) is 0 Å². The van der Waals surface area contributed by atoms with Crippen LogP contribution in [0.5, 0.6) is 11.8 Å². The summed E-state index contributed by atoms with van der Waals surface area (Å²) < 4.78 is 31.8. The van der Waals surface area contributed by atoms with E-state index in [1.165, 1.54) is 12.4 Å². The molecule has 3 aromatic rings. The molecule has 0 bridgehead atoms. The quantitative estimate of drug-likeness (QED) is 0.791. The van der Waals surface area contributed by atoms with Crippen molar-refractivity contribution in [1.29, 1.82) is 0 Å². The van der Waals surface area contributed by atoms with Gasteiger partial charge >= 0.3 is 6.01 Å². The second-order valence-corrected chi connectivity index (χ2v) is 4.75. The second-order valence-electron chi connectivity index (χ2n) is 4.75. The summed E-state index contributed by atoms with van der Waals surface area (Å²) in [5.41, 5.74) is -0.0230. The Morgan fingerprint density at radius 1 is 1.00 bits per heavy atom. The van der Waals surface area contributed by atoms with Gasteiger partial charge in [0.1, 0.15) is 17.4 Å². The zero-order valence-corrected chi connectivity index (χ0v) is 12.2. The Morgan fingerprint density at radius 3 is 2.38 bits per heavy atom. The van der Waals surface area contributed by atoms with Crippen molar-refractivity contribution in [3.8, 4) is 11.8 Å². The van der Waals surface area contributed by atoms with Crippen molar-refractivity contribution in [2.45, 2.75) is 0 Å². The first-order chi connectivity index (χ1) is 11.6. The molecule has 2 aromatic carbocycles. The van der Waals surface area contributed by atoms with Gasteiger partial charge in [-0.3, -0.25) is 4.79 Å². The lowest BCUT2D eigenvalue weighted by atomic mass is 10.2. The van der Waals surface area contributed by atoms with Crippen LogP contribution in [0.4, 0.5) is 14.5 Å². The summed E-state index contributed by atoms with van der Waals surface area (Å²) in [5, 5.41) is 2.43. The molecule has 0 unspecified atom stereocenters. The molecule has 7 heteroatoms. The fourth-order valence-corrected chi connectivity index (χ4v) is 1.90. The van der Waals surface area contributed by atoms with Crippen LogP contribution in [0, 0.1) is 11.6 Å². The molecule has 0 aliphatic heterocycles. The molecule has 0 aliphatic rings. The van der Waals surface area contributed by atoms with Gasteiger partial charge in [0.2, 0.25) is 0 Å². The maximum atomic E-state index is 13.6. The monoisotopic (exact) mass is 327 g/mol. The van der Waals surface area contributed by atoms with Gasteiger partial charge in [-0.15, -0.1) is 0 Å². The molecule has 0 radical (unpaired) electrons. The molecule has 1 aromatic heterocycles. The summed E-state index contributed by atoms with van der Waals surface area (Å²) in [6.07, 6.45) is 2.65.